The third kappa shape index (κ3) is 5.20. The zero-order valence-corrected chi connectivity index (χ0v) is 13.5. The lowest BCUT2D eigenvalue weighted by Gasteiger charge is -2.26. The fourth-order valence-corrected chi connectivity index (χ4v) is 2.36. The Morgan fingerprint density at radius 3 is 2.82 bits per heavy atom. The van der Waals surface area contributed by atoms with E-state index >= 15 is 0 Å². The van der Waals surface area contributed by atoms with Crippen molar-refractivity contribution in [1.29, 1.82) is 0 Å². The molecular formula is C16H26N4O2. The van der Waals surface area contributed by atoms with Crippen molar-refractivity contribution in [1.82, 2.24) is 15.5 Å². The van der Waals surface area contributed by atoms with Crippen molar-refractivity contribution in [3.05, 3.63) is 29.8 Å². The number of morpholine rings is 1. The molecule has 1 saturated heterocycles. The highest BCUT2D eigenvalue weighted by atomic mass is 16.5. The Balaban J connectivity index is 1.82. The topological polar surface area (TPSA) is 58.1 Å². The number of nitrogens with zero attached hydrogens (tertiary/aromatic N) is 2. The minimum atomic E-state index is 0.682. The average molecular weight is 306 g/mol. The monoisotopic (exact) mass is 306 g/mol. The molecule has 22 heavy (non-hydrogen) atoms. The lowest BCUT2D eigenvalue weighted by molar-refractivity contribution is 0.0322. The molecule has 1 heterocycles. The van der Waals surface area contributed by atoms with Gasteiger partial charge in [0.05, 0.1) is 13.2 Å². The van der Waals surface area contributed by atoms with Gasteiger partial charge in [-0.05, 0) is 6.07 Å². The first-order chi connectivity index (χ1) is 10.8. The van der Waals surface area contributed by atoms with Crippen molar-refractivity contribution in [2.45, 2.75) is 6.54 Å². The first kappa shape index (κ1) is 16.6. The van der Waals surface area contributed by atoms with Crippen LogP contribution in [0.3, 0.4) is 0 Å². The second-order valence-electron chi connectivity index (χ2n) is 5.09. The summed E-state index contributed by atoms with van der Waals surface area (Å²) in [5.41, 5.74) is 1.13. The van der Waals surface area contributed by atoms with E-state index in [4.69, 9.17) is 9.47 Å². The molecule has 6 nitrogen and oxygen atoms in total. The van der Waals surface area contributed by atoms with Crippen LogP contribution >= 0.6 is 0 Å². The molecule has 1 fully saturated rings. The SMILES string of the molecule is CN=C(NC)NCc1ccccc1OCCN1CCOCC1. The molecule has 6 heteroatoms. The van der Waals surface area contributed by atoms with Crippen LogP contribution < -0.4 is 15.4 Å². The van der Waals surface area contributed by atoms with Crippen molar-refractivity contribution in [3.63, 3.8) is 0 Å². The van der Waals surface area contributed by atoms with E-state index in [1.165, 1.54) is 0 Å². The molecule has 1 aliphatic rings. The van der Waals surface area contributed by atoms with Crippen LogP contribution in [0.1, 0.15) is 5.56 Å². The number of para-hydroxylation sites is 1. The van der Waals surface area contributed by atoms with Crippen LogP contribution in [-0.2, 0) is 11.3 Å². The predicted octanol–water partition coefficient (Wildman–Crippen LogP) is 0.692. The number of rotatable bonds is 6. The summed E-state index contributed by atoms with van der Waals surface area (Å²) >= 11 is 0. The molecule has 0 unspecified atom stereocenters. The van der Waals surface area contributed by atoms with Gasteiger partial charge in [-0.25, -0.2) is 0 Å². The maximum atomic E-state index is 5.96. The Morgan fingerprint density at radius 1 is 1.32 bits per heavy atom. The van der Waals surface area contributed by atoms with Gasteiger partial charge in [-0.15, -0.1) is 0 Å². The van der Waals surface area contributed by atoms with Crippen LogP contribution in [-0.4, -0.2) is 64.4 Å². The number of hydrogen-bond donors (Lipinski definition) is 2. The number of benzene rings is 1. The zero-order valence-electron chi connectivity index (χ0n) is 13.5. The van der Waals surface area contributed by atoms with Crippen LogP contribution in [0.5, 0.6) is 5.75 Å². The summed E-state index contributed by atoms with van der Waals surface area (Å²) in [6.45, 7) is 5.94. The summed E-state index contributed by atoms with van der Waals surface area (Å²) in [4.78, 5) is 6.48. The number of ether oxygens (including phenoxy) is 2. The summed E-state index contributed by atoms with van der Waals surface area (Å²) in [5, 5.41) is 6.25. The van der Waals surface area contributed by atoms with Crippen molar-refractivity contribution >= 4 is 5.96 Å². The fourth-order valence-electron chi connectivity index (χ4n) is 2.36. The largest absolute Gasteiger partial charge is 0.492 e. The molecular weight excluding hydrogens is 280 g/mol. The summed E-state index contributed by atoms with van der Waals surface area (Å²) in [6.07, 6.45) is 0. The fraction of sp³-hybridized carbons (Fsp3) is 0.562. The van der Waals surface area contributed by atoms with E-state index in [2.05, 4.69) is 26.6 Å². The molecule has 0 radical (unpaired) electrons. The van der Waals surface area contributed by atoms with Gasteiger partial charge in [-0.3, -0.25) is 9.89 Å². The van der Waals surface area contributed by atoms with Crippen molar-refractivity contribution in [2.75, 3.05) is 53.6 Å². The normalized spacial score (nSPS) is 16.4. The van der Waals surface area contributed by atoms with Gasteiger partial charge in [0.15, 0.2) is 5.96 Å². The van der Waals surface area contributed by atoms with Crippen LogP contribution in [0.15, 0.2) is 29.3 Å². The second-order valence-corrected chi connectivity index (χ2v) is 5.09. The maximum absolute atomic E-state index is 5.96. The second kappa shape index (κ2) is 9.27. The molecule has 1 aliphatic heterocycles. The van der Waals surface area contributed by atoms with E-state index in [0.29, 0.717) is 13.2 Å². The maximum Gasteiger partial charge on any atom is 0.190 e. The molecule has 0 spiro atoms. The van der Waals surface area contributed by atoms with Gasteiger partial charge in [0.2, 0.25) is 0 Å². The minimum Gasteiger partial charge on any atom is -0.492 e. The molecule has 0 saturated carbocycles. The Hall–Kier alpha value is -1.79. The van der Waals surface area contributed by atoms with Crippen LogP contribution in [0, 0.1) is 0 Å². The van der Waals surface area contributed by atoms with Crippen molar-refractivity contribution < 1.29 is 9.47 Å². The van der Waals surface area contributed by atoms with Crippen molar-refractivity contribution in [2.24, 2.45) is 4.99 Å². The van der Waals surface area contributed by atoms with E-state index in [1.54, 1.807) is 7.05 Å². The van der Waals surface area contributed by atoms with E-state index in [-0.39, 0.29) is 0 Å². The van der Waals surface area contributed by atoms with Gasteiger partial charge in [0.1, 0.15) is 12.4 Å². The third-order valence-corrected chi connectivity index (χ3v) is 3.65. The number of nitrogens with one attached hydrogen (secondary N) is 2. The van der Waals surface area contributed by atoms with Crippen LogP contribution in [0.4, 0.5) is 0 Å². The number of aliphatic imine (C=N–C) groups is 1. The first-order valence-electron chi connectivity index (χ1n) is 7.72. The highest BCUT2D eigenvalue weighted by molar-refractivity contribution is 5.79. The van der Waals surface area contributed by atoms with Crippen LogP contribution in [0.2, 0.25) is 0 Å². The molecule has 0 aliphatic carbocycles. The minimum absolute atomic E-state index is 0.682. The molecule has 122 valence electrons. The molecule has 0 amide bonds. The van der Waals surface area contributed by atoms with Gasteiger partial charge in [-0.1, -0.05) is 18.2 Å². The highest BCUT2D eigenvalue weighted by Gasteiger charge is 2.10. The molecule has 0 bridgehead atoms. The molecule has 0 atom stereocenters. The summed E-state index contributed by atoms with van der Waals surface area (Å²) in [7, 11) is 3.60. The van der Waals surface area contributed by atoms with E-state index in [9.17, 15) is 0 Å². The van der Waals surface area contributed by atoms with Gasteiger partial charge in [-0.2, -0.15) is 0 Å². The quantitative estimate of drug-likeness (QED) is 0.598. The average Bonchev–Trinajstić information content (AvgIpc) is 2.58. The lowest BCUT2D eigenvalue weighted by atomic mass is 10.2. The standard InChI is InChI=1S/C16H26N4O2/c1-17-16(18-2)19-13-14-5-3-4-6-15(14)22-12-9-20-7-10-21-11-8-20/h3-6H,7-13H2,1-2H3,(H2,17,18,19). The zero-order chi connectivity index (χ0) is 15.6. The molecule has 0 aromatic heterocycles. The lowest BCUT2D eigenvalue weighted by Crippen LogP contribution is -2.38. The molecule has 2 N–H and O–H groups in total. The highest BCUT2D eigenvalue weighted by Crippen LogP contribution is 2.17. The van der Waals surface area contributed by atoms with E-state index in [0.717, 1.165) is 50.1 Å². The summed E-state index contributed by atoms with van der Waals surface area (Å²) in [5.74, 6) is 1.69. The molecule has 1 aromatic rings. The Kier molecular flexibility index (Phi) is 6.99. The van der Waals surface area contributed by atoms with E-state index in [1.807, 2.05) is 25.2 Å². The third-order valence-electron chi connectivity index (χ3n) is 3.65. The Labute approximate surface area is 132 Å². The van der Waals surface area contributed by atoms with Crippen molar-refractivity contribution in [3.8, 4) is 5.75 Å². The number of guanidine groups is 1. The van der Waals surface area contributed by atoms with Gasteiger partial charge < -0.3 is 20.1 Å². The van der Waals surface area contributed by atoms with Gasteiger partial charge >= 0.3 is 0 Å². The molecule has 2 rings (SSSR count). The molecule has 1 aromatic carbocycles. The van der Waals surface area contributed by atoms with E-state index < -0.39 is 0 Å². The first-order valence-corrected chi connectivity index (χ1v) is 7.72. The van der Waals surface area contributed by atoms with Crippen LogP contribution in [0.25, 0.3) is 0 Å². The van der Waals surface area contributed by atoms with Gasteiger partial charge in [0.25, 0.3) is 0 Å². The number of hydrogen-bond acceptors (Lipinski definition) is 4. The Bertz CT molecular complexity index is 473. The predicted molar refractivity (Wildman–Crippen MR) is 88.5 cm³/mol. The summed E-state index contributed by atoms with van der Waals surface area (Å²) < 4.78 is 11.3. The smallest absolute Gasteiger partial charge is 0.190 e. The van der Waals surface area contributed by atoms with Gasteiger partial charge in [0, 0.05) is 45.8 Å². The summed E-state index contributed by atoms with van der Waals surface area (Å²) in [6, 6.07) is 8.10. The Morgan fingerprint density at radius 2 is 2.09 bits per heavy atom.